The zero-order valence-electron chi connectivity index (χ0n) is 11.2. The summed E-state index contributed by atoms with van der Waals surface area (Å²) in [6.07, 6.45) is 1.84. The Morgan fingerprint density at radius 2 is 2.14 bits per heavy atom. The largest absolute Gasteiger partial charge is 0.506 e. The Balaban J connectivity index is 1.89. The molecule has 4 nitrogen and oxygen atoms in total. The molecule has 21 heavy (non-hydrogen) atoms. The number of phenolic OH excluding ortho intramolecular Hbond substituents is 1. The van der Waals surface area contributed by atoms with Crippen LogP contribution in [-0.2, 0) is 4.79 Å². The van der Waals surface area contributed by atoms with E-state index in [0.29, 0.717) is 15.8 Å². The number of carbonyl (C=O) groups excluding carboxylic acids is 1. The number of para-hydroxylation sites is 1. The molecule has 1 amide bonds. The van der Waals surface area contributed by atoms with Crippen molar-refractivity contribution in [2.45, 2.75) is 6.92 Å². The maximum Gasteiger partial charge on any atom is 0.264 e. The minimum absolute atomic E-state index is 0.105. The van der Waals surface area contributed by atoms with Crippen molar-refractivity contribution in [1.82, 2.24) is 5.32 Å². The maximum atomic E-state index is 11.9. The Labute approximate surface area is 130 Å². The number of thioether (sulfide) groups is 1. The number of thiophene rings is 1. The smallest absolute Gasteiger partial charge is 0.264 e. The van der Waals surface area contributed by atoms with Crippen molar-refractivity contribution in [3.8, 4) is 5.75 Å². The lowest BCUT2D eigenvalue weighted by molar-refractivity contribution is -0.115. The number of hydrogen-bond acceptors (Lipinski definition) is 5. The van der Waals surface area contributed by atoms with Crippen molar-refractivity contribution in [1.29, 1.82) is 0 Å². The minimum atomic E-state index is -0.166. The van der Waals surface area contributed by atoms with Gasteiger partial charge in [0.05, 0.1) is 4.91 Å². The fraction of sp³-hybridized carbons (Fsp3) is 0.0667. The zero-order valence-corrected chi connectivity index (χ0v) is 12.8. The molecular weight excluding hydrogens is 304 g/mol. The van der Waals surface area contributed by atoms with Crippen LogP contribution in [0.5, 0.6) is 5.75 Å². The van der Waals surface area contributed by atoms with Gasteiger partial charge in [0.1, 0.15) is 11.4 Å². The number of aromatic hydroxyl groups is 1. The van der Waals surface area contributed by atoms with Gasteiger partial charge in [0.15, 0.2) is 5.17 Å². The number of aryl methyl sites for hydroxylation is 1. The molecule has 2 N–H and O–H groups in total. The second-order valence-electron chi connectivity index (χ2n) is 4.44. The van der Waals surface area contributed by atoms with E-state index in [1.54, 1.807) is 23.5 Å². The van der Waals surface area contributed by atoms with E-state index in [4.69, 9.17) is 0 Å². The number of nitrogens with zero attached hydrogens (tertiary/aromatic N) is 1. The van der Waals surface area contributed by atoms with E-state index >= 15 is 0 Å². The van der Waals surface area contributed by atoms with E-state index in [2.05, 4.69) is 10.3 Å². The summed E-state index contributed by atoms with van der Waals surface area (Å²) < 4.78 is 0. The molecule has 1 aliphatic heterocycles. The summed E-state index contributed by atoms with van der Waals surface area (Å²) in [5.74, 6) is -0.0618. The third kappa shape index (κ3) is 3.01. The summed E-state index contributed by atoms with van der Waals surface area (Å²) in [6.45, 7) is 1.86. The van der Waals surface area contributed by atoms with Gasteiger partial charge in [-0.25, -0.2) is 4.99 Å². The maximum absolute atomic E-state index is 11.9. The van der Waals surface area contributed by atoms with Crippen LogP contribution in [0.25, 0.3) is 6.08 Å². The second-order valence-corrected chi connectivity index (χ2v) is 6.45. The van der Waals surface area contributed by atoms with Crippen molar-refractivity contribution in [3.05, 3.63) is 51.1 Å². The van der Waals surface area contributed by atoms with Gasteiger partial charge in [-0.2, -0.15) is 0 Å². The molecule has 1 aromatic carbocycles. The van der Waals surface area contributed by atoms with Crippen LogP contribution in [0.15, 0.2) is 45.6 Å². The molecule has 6 heteroatoms. The van der Waals surface area contributed by atoms with Crippen LogP contribution in [0.1, 0.15) is 10.4 Å². The molecule has 106 valence electrons. The quantitative estimate of drug-likeness (QED) is 0.831. The number of phenols is 1. The normalized spacial score (nSPS) is 18.4. The number of hydrogen-bond donors (Lipinski definition) is 2. The van der Waals surface area contributed by atoms with E-state index in [1.165, 1.54) is 11.8 Å². The zero-order chi connectivity index (χ0) is 14.8. The molecule has 1 aliphatic rings. The lowest BCUT2D eigenvalue weighted by Gasteiger charge is -2.03. The minimum Gasteiger partial charge on any atom is -0.506 e. The molecule has 0 spiro atoms. The third-order valence-electron chi connectivity index (χ3n) is 2.90. The van der Waals surface area contributed by atoms with Crippen molar-refractivity contribution in [2.24, 2.45) is 4.99 Å². The molecule has 1 saturated heterocycles. The Morgan fingerprint density at radius 1 is 1.29 bits per heavy atom. The molecule has 2 heterocycles. The number of amides is 1. The van der Waals surface area contributed by atoms with E-state index in [1.807, 2.05) is 36.6 Å². The first-order valence-corrected chi connectivity index (χ1v) is 7.95. The lowest BCUT2D eigenvalue weighted by Crippen LogP contribution is -2.19. The highest BCUT2D eigenvalue weighted by Crippen LogP contribution is 2.34. The summed E-state index contributed by atoms with van der Waals surface area (Å²) in [7, 11) is 0. The first-order chi connectivity index (χ1) is 10.1. The van der Waals surface area contributed by atoms with Crippen LogP contribution in [-0.4, -0.2) is 16.2 Å². The molecule has 2 aromatic rings. The Kier molecular flexibility index (Phi) is 3.81. The van der Waals surface area contributed by atoms with Gasteiger partial charge in [-0.05, 0) is 47.8 Å². The fourth-order valence-corrected chi connectivity index (χ4v) is 3.42. The van der Waals surface area contributed by atoms with Crippen LogP contribution < -0.4 is 5.32 Å². The first kappa shape index (κ1) is 13.9. The van der Waals surface area contributed by atoms with E-state index < -0.39 is 0 Å². The average Bonchev–Trinajstić information content (AvgIpc) is 3.06. The van der Waals surface area contributed by atoms with Gasteiger partial charge in [0.2, 0.25) is 0 Å². The van der Waals surface area contributed by atoms with Gasteiger partial charge in [-0.15, -0.1) is 11.3 Å². The molecule has 0 radical (unpaired) electrons. The molecular formula is C15H12N2O2S2. The van der Waals surface area contributed by atoms with Crippen LogP contribution in [0.4, 0.5) is 5.69 Å². The lowest BCUT2D eigenvalue weighted by atomic mass is 10.2. The fourth-order valence-electron chi connectivity index (χ4n) is 1.87. The van der Waals surface area contributed by atoms with Crippen molar-refractivity contribution in [3.63, 3.8) is 0 Å². The van der Waals surface area contributed by atoms with Crippen LogP contribution in [0.3, 0.4) is 0 Å². The molecule has 0 bridgehead atoms. The van der Waals surface area contributed by atoms with Gasteiger partial charge >= 0.3 is 0 Å². The predicted molar refractivity (Wildman–Crippen MR) is 88.0 cm³/mol. The number of aliphatic imine (C=N–C) groups is 1. The second kappa shape index (κ2) is 5.75. The van der Waals surface area contributed by atoms with E-state index in [0.717, 1.165) is 10.4 Å². The van der Waals surface area contributed by atoms with Gasteiger partial charge in [0.25, 0.3) is 5.91 Å². The van der Waals surface area contributed by atoms with Gasteiger partial charge in [-0.3, -0.25) is 4.79 Å². The van der Waals surface area contributed by atoms with Crippen LogP contribution in [0.2, 0.25) is 0 Å². The number of nitrogens with one attached hydrogen (secondary N) is 1. The molecule has 1 fully saturated rings. The molecule has 0 saturated carbocycles. The number of rotatable bonds is 2. The number of benzene rings is 1. The SMILES string of the molecule is Cc1cccc(O)c1N=C1NC(=O)/C(=C\c2cccs2)S1. The molecule has 0 atom stereocenters. The topological polar surface area (TPSA) is 61.7 Å². The number of carbonyl (C=O) groups is 1. The Morgan fingerprint density at radius 3 is 2.86 bits per heavy atom. The van der Waals surface area contributed by atoms with Crippen LogP contribution in [0, 0.1) is 6.92 Å². The molecule has 0 unspecified atom stereocenters. The highest BCUT2D eigenvalue weighted by Gasteiger charge is 2.24. The molecule has 3 rings (SSSR count). The van der Waals surface area contributed by atoms with Crippen LogP contribution >= 0.6 is 23.1 Å². The van der Waals surface area contributed by atoms with Gasteiger partial charge in [-0.1, -0.05) is 18.2 Å². The van der Waals surface area contributed by atoms with Gasteiger partial charge < -0.3 is 10.4 Å². The highest BCUT2D eigenvalue weighted by molar-refractivity contribution is 8.18. The Hall–Kier alpha value is -2.05. The number of amidine groups is 1. The summed E-state index contributed by atoms with van der Waals surface area (Å²) >= 11 is 2.85. The summed E-state index contributed by atoms with van der Waals surface area (Å²) in [4.78, 5) is 17.9. The van der Waals surface area contributed by atoms with Crippen molar-refractivity contribution in [2.75, 3.05) is 0 Å². The predicted octanol–water partition coefficient (Wildman–Crippen LogP) is 3.65. The molecule has 1 aromatic heterocycles. The molecule has 0 aliphatic carbocycles. The Bertz CT molecular complexity index is 729. The van der Waals surface area contributed by atoms with E-state index in [9.17, 15) is 9.90 Å². The first-order valence-electron chi connectivity index (χ1n) is 6.25. The van der Waals surface area contributed by atoms with Crippen molar-refractivity contribution < 1.29 is 9.90 Å². The third-order valence-corrected chi connectivity index (χ3v) is 4.63. The summed E-state index contributed by atoms with van der Waals surface area (Å²) in [5.41, 5.74) is 1.34. The van der Waals surface area contributed by atoms with Gasteiger partial charge in [0, 0.05) is 4.88 Å². The highest BCUT2D eigenvalue weighted by atomic mass is 32.2. The summed E-state index contributed by atoms with van der Waals surface area (Å²) in [5, 5.41) is 15.0. The van der Waals surface area contributed by atoms with E-state index in [-0.39, 0.29) is 11.7 Å². The monoisotopic (exact) mass is 316 g/mol. The van der Waals surface area contributed by atoms with Crippen molar-refractivity contribution >= 4 is 45.9 Å². The average molecular weight is 316 g/mol. The summed E-state index contributed by atoms with van der Waals surface area (Å²) in [6, 6.07) is 9.10. The standard InChI is InChI=1S/C15H12N2O2S2/c1-9-4-2-6-11(18)13(9)16-15-17-14(19)12(21-15)8-10-5-3-7-20-10/h2-8,18H,1H3,(H,16,17,19)/b12-8+.